The minimum absolute atomic E-state index is 0.149. The maximum atomic E-state index is 12.6. The summed E-state index contributed by atoms with van der Waals surface area (Å²) >= 11 is 0. The lowest BCUT2D eigenvalue weighted by Crippen LogP contribution is -2.39. The number of fused-ring (bicyclic) bond motifs is 3. The molecule has 2 heterocycles. The van der Waals surface area contributed by atoms with Crippen molar-refractivity contribution in [2.75, 3.05) is 25.5 Å². The van der Waals surface area contributed by atoms with E-state index in [0.29, 0.717) is 18.5 Å². The van der Waals surface area contributed by atoms with E-state index in [1.807, 2.05) is 7.05 Å². The number of ketones is 1. The van der Waals surface area contributed by atoms with Gasteiger partial charge in [-0.25, -0.2) is 4.79 Å². The summed E-state index contributed by atoms with van der Waals surface area (Å²) in [5.74, 6) is -1.43. The number of hydrogen-bond acceptors (Lipinski definition) is 5. The summed E-state index contributed by atoms with van der Waals surface area (Å²) in [5.41, 5.74) is 5.02. The highest BCUT2D eigenvalue weighted by Gasteiger charge is 2.37. The number of carbonyl (C=O) groups excluding carboxylic acids is 1. The lowest BCUT2D eigenvalue weighted by atomic mass is 9.93. The largest absolute Gasteiger partial charge is 0.507 e. The van der Waals surface area contributed by atoms with Crippen molar-refractivity contribution in [3.05, 3.63) is 46.2 Å². The van der Waals surface area contributed by atoms with Crippen LogP contribution in [-0.2, 0) is 22.4 Å². The molecule has 1 unspecified atom stereocenters. The van der Waals surface area contributed by atoms with Gasteiger partial charge in [0.05, 0.1) is 11.3 Å². The maximum Gasteiger partial charge on any atom is 0.330 e. The maximum absolute atomic E-state index is 12.6. The second-order valence-corrected chi connectivity index (χ2v) is 6.90. The van der Waals surface area contributed by atoms with Gasteiger partial charge in [-0.3, -0.25) is 4.79 Å². The third-order valence-electron chi connectivity index (χ3n) is 5.42. The van der Waals surface area contributed by atoms with Crippen molar-refractivity contribution in [1.82, 2.24) is 4.90 Å². The van der Waals surface area contributed by atoms with E-state index in [9.17, 15) is 19.8 Å². The fourth-order valence-electron chi connectivity index (χ4n) is 4.06. The number of aliphatic carboxylic acids is 1. The quantitative estimate of drug-likeness (QED) is 0.811. The van der Waals surface area contributed by atoms with Gasteiger partial charge in [0, 0.05) is 38.3 Å². The number of carbonyl (C=O) groups is 2. The molecule has 0 saturated heterocycles. The van der Waals surface area contributed by atoms with E-state index in [4.69, 9.17) is 0 Å². The van der Waals surface area contributed by atoms with Gasteiger partial charge in [-0.05, 0) is 42.2 Å². The Kier molecular flexibility index (Phi) is 3.39. The molecule has 1 aromatic carbocycles. The predicted octanol–water partition coefficient (Wildman–Crippen LogP) is 1.75. The Labute approximate surface area is 145 Å². The van der Waals surface area contributed by atoms with Crippen molar-refractivity contribution < 1.29 is 19.8 Å². The number of rotatable bonds is 1. The Morgan fingerprint density at radius 3 is 2.64 bits per heavy atom. The number of benzene rings is 1. The van der Waals surface area contributed by atoms with Gasteiger partial charge in [0.25, 0.3) is 0 Å². The minimum Gasteiger partial charge on any atom is -0.507 e. The summed E-state index contributed by atoms with van der Waals surface area (Å²) in [6.45, 7) is 0.946. The number of carboxylic acids is 1. The SMILES string of the molecule is CN1CCc2cc3c(cc21)CCC(=O)C1=C3N(C)C(C(=O)O)C=C1O. The number of allylic oxidation sites excluding steroid dienone is 1. The summed E-state index contributed by atoms with van der Waals surface area (Å²) in [6, 6.07) is 3.18. The fraction of sp³-hybridized carbons (Fsp3) is 0.368. The smallest absolute Gasteiger partial charge is 0.330 e. The first-order valence-corrected chi connectivity index (χ1v) is 8.40. The van der Waals surface area contributed by atoms with Crippen LogP contribution in [0.15, 0.2) is 29.5 Å². The van der Waals surface area contributed by atoms with Gasteiger partial charge in [-0.15, -0.1) is 0 Å². The Balaban J connectivity index is 1.96. The van der Waals surface area contributed by atoms with Crippen LogP contribution >= 0.6 is 0 Å². The average molecular weight is 340 g/mol. The molecule has 6 heteroatoms. The third kappa shape index (κ3) is 2.24. The summed E-state index contributed by atoms with van der Waals surface area (Å²) < 4.78 is 0. The van der Waals surface area contributed by atoms with Crippen LogP contribution in [0.5, 0.6) is 0 Å². The Morgan fingerprint density at radius 2 is 1.92 bits per heavy atom. The number of carboxylic acid groups (broad SMARTS) is 1. The number of Topliss-reactive ketones (excluding diaryl/α,β-unsaturated/α-hetero) is 1. The zero-order valence-electron chi connectivity index (χ0n) is 14.2. The van der Waals surface area contributed by atoms with Crippen molar-refractivity contribution >= 4 is 23.1 Å². The van der Waals surface area contributed by atoms with E-state index in [1.54, 1.807) is 11.9 Å². The zero-order chi connectivity index (χ0) is 17.9. The van der Waals surface area contributed by atoms with Gasteiger partial charge < -0.3 is 20.0 Å². The highest BCUT2D eigenvalue weighted by Crippen LogP contribution is 2.41. The van der Waals surface area contributed by atoms with Crippen LogP contribution in [0.1, 0.15) is 23.1 Å². The van der Waals surface area contributed by atoms with Crippen molar-refractivity contribution in [3.63, 3.8) is 0 Å². The van der Waals surface area contributed by atoms with Crippen LogP contribution in [0.2, 0.25) is 0 Å². The first kappa shape index (κ1) is 15.7. The molecule has 2 aliphatic heterocycles. The molecule has 0 aromatic heterocycles. The molecule has 25 heavy (non-hydrogen) atoms. The number of aryl methyl sites for hydroxylation is 1. The van der Waals surface area contributed by atoms with E-state index < -0.39 is 12.0 Å². The van der Waals surface area contributed by atoms with E-state index >= 15 is 0 Å². The normalized spacial score (nSPS) is 22.2. The van der Waals surface area contributed by atoms with Crippen molar-refractivity contribution in [1.29, 1.82) is 0 Å². The molecule has 2 N–H and O–H groups in total. The second kappa shape index (κ2) is 5.37. The molecule has 130 valence electrons. The van der Waals surface area contributed by atoms with Gasteiger partial charge in [0.1, 0.15) is 11.8 Å². The highest BCUT2D eigenvalue weighted by molar-refractivity contribution is 6.08. The number of aliphatic hydroxyl groups excluding tert-OH is 1. The predicted molar refractivity (Wildman–Crippen MR) is 93.6 cm³/mol. The highest BCUT2D eigenvalue weighted by atomic mass is 16.4. The molecular formula is C19H20N2O4. The van der Waals surface area contributed by atoms with Crippen LogP contribution in [0.25, 0.3) is 5.70 Å². The van der Waals surface area contributed by atoms with E-state index in [1.165, 1.54) is 17.3 Å². The standard InChI is InChI=1S/C19H20N2O4/c1-20-6-5-11-7-12-10(8-13(11)20)3-4-15(22)17-16(23)9-14(19(24)25)21(2)18(12)17/h7-9,14,23H,3-6H2,1-2H3,(H,24,25). The summed E-state index contributed by atoms with van der Waals surface area (Å²) in [6.07, 6.45) is 3.05. The van der Waals surface area contributed by atoms with Crippen molar-refractivity contribution in [2.45, 2.75) is 25.3 Å². The van der Waals surface area contributed by atoms with Crippen LogP contribution in [-0.4, -0.2) is 53.5 Å². The van der Waals surface area contributed by atoms with E-state index in [-0.39, 0.29) is 17.1 Å². The van der Waals surface area contributed by atoms with Gasteiger partial charge in [0.2, 0.25) is 0 Å². The molecule has 0 spiro atoms. The summed E-state index contributed by atoms with van der Waals surface area (Å²) in [7, 11) is 3.71. The first-order valence-electron chi connectivity index (χ1n) is 8.40. The number of aliphatic hydroxyl groups is 1. The summed E-state index contributed by atoms with van der Waals surface area (Å²) in [5, 5.41) is 19.9. The van der Waals surface area contributed by atoms with Crippen LogP contribution in [0, 0.1) is 0 Å². The Bertz CT molecular complexity index is 868. The molecule has 0 amide bonds. The average Bonchev–Trinajstić information content (AvgIpc) is 2.85. The third-order valence-corrected chi connectivity index (χ3v) is 5.42. The molecule has 1 atom stereocenters. The molecule has 0 fully saturated rings. The van der Waals surface area contributed by atoms with Crippen LogP contribution in [0.4, 0.5) is 5.69 Å². The lowest BCUT2D eigenvalue weighted by molar-refractivity contribution is -0.140. The lowest BCUT2D eigenvalue weighted by Gasteiger charge is -2.33. The number of hydrogen-bond donors (Lipinski definition) is 2. The molecule has 1 aromatic rings. The van der Waals surface area contributed by atoms with Crippen molar-refractivity contribution in [2.24, 2.45) is 0 Å². The molecule has 4 rings (SSSR count). The topological polar surface area (TPSA) is 81.1 Å². The van der Waals surface area contributed by atoms with Gasteiger partial charge >= 0.3 is 5.97 Å². The number of nitrogens with zero attached hydrogens (tertiary/aromatic N) is 2. The van der Waals surface area contributed by atoms with Gasteiger partial charge in [0.15, 0.2) is 5.78 Å². The molecular weight excluding hydrogens is 320 g/mol. The Morgan fingerprint density at radius 1 is 1.16 bits per heavy atom. The number of anilines is 1. The fourth-order valence-corrected chi connectivity index (χ4v) is 4.06. The van der Waals surface area contributed by atoms with E-state index in [0.717, 1.165) is 24.1 Å². The van der Waals surface area contributed by atoms with Gasteiger partial charge in [-0.2, -0.15) is 0 Å². The van der Waals surface area contributed by atoms with Gasteiger partial charge in [-0.1, -0.05) is 0 Å². The summed E-state index contributed by atoms with van der Waals surface area (Å²) in [4.78, 5) is 28.0. The first-order chi connectivity index (χ1) is 11.9. The van der Waals surface area contributed by atoms with Crippen LogP contribution < -0.4 is 4.90 Å². The van der Waals surface area contributed by atoms with E-state index in [2.05, 4.69) is 17.0 Å². The molecule has 3 aliphatic rings. The molecule has 0 radical (unpaired) electrons. The molecule has 0 bridgehead atoms. The van der Waals surface area contributed by atoms with Crippen LogP contribution in [0.3, 0.4) is 0 Å². The minimum atomic E-state index is -1.06. The monoisotopic (exact) mass is 340 g/mol. The molecule has 0 saturated carbocycles. The second-order valence-electron chi connectivity index (χ2n) is 6.90. The van der Waals surface area contributed by atoms with Crippen molar-refractivity contribution in [3.8, 4) is 0 Å². The molecule has 6 nitrogen and oxygen atoms in total. The zero-order valence-corrected chi connectivity index (χ0v) is 14.2. The Hall–Kier alpha value is -2.76. The number of likely N-dealkylation sites (N-methyl/N-ethyl adjacent to an activating group) is 2. The molecule has 1 aliphatic carbocycles.